The summed E-state index contributed by atoms with van der Waals surface area (Å²) in [6.07, 6.45) is 2.38. The van der Waals surface area contributed by atoms with Crippen LogP contribution in [-0.4, -0.2) is 26.8 Å². The molecule has 0 radical (unpaired) electrons. The third-order valence-electron chi connectivity index (χ3n) is 3.04. The van der Waals surface area contributed by atoms with Gasteiger partial charge in [0.15, 0.2) is 0 Å². The first kappa shape index (κ1) is 14.9. The molecule has 0 spiro atoms. The third kappa shape index (κ3) is 7.80. The second-order valence-electron chi connectivity index (χ2n) is 5.06. The zero-order valence-electron chi connectivity index (χ0n) is 11.2. The Hall–Kier alpha value is -0.0800. The van der Waals surface area contributed by atoms with Gasteiger partial charge in [0.05, 0.1) is 0 Å². The lowest BCUT2D eigenvalue weighted by Gasteiger charge is -2.25. The van der Waals surface area contributed by atoms with Crippen LogP contribution in [0.25, 0.3) is 0 Å². The zero-order chi connectivity index (χ0) is 11.7. The Morgan fingerprint density at radius 1 is 1.00 bits per heavy atom. The van der Waals surface area contributed by atoms with Gasteiger partial charge in [-0.3, -0.25) is 0 Å². The van der Waals surface area contributed by atoms with Crippen molar-refractivity contribution < 1.29 is 4.74 Å². The normalized spacial score (nSPS) is 12.0. The highest BCUT2D eigenvalue weighted by Gasteiger charge is 2.16. The summed E-state index contributed by atoms with van der Waals surface area (Å²) < 4.78 is 5.02. The van der Waals surface area contributed by atoms with Crippen molar-refractivity contribution in [2.24, 2.45) is 17.8 Å². The molecular weight excluding hydrogens is 186 g/mol. The lowest BCUT2D eigenvalue weighted by molar-refractivity contribution is 0.192. The summed E-state index contributed by atoms with van der Waals surface area (Å²) in [5.41, 5.74) is 0. The molecule has 0 aliphatic carbocycles. The van der Waals surface area contributed by atoms with Crippen LogP contribution in [0.4, 0.5) is 0 Å². The summed E-state index contributed by atoms with van der Waals surface area (Å²) in [7, 11) is 1.76. The number of hydrogen-bond acceptors (Lipinski definition) is 2. The van der Waals surface area contributed by atoms with Gasteiger partial charge in [-0.1, -0.05) is 27.7 Å². The Labute approximate surface area is 95.8 Å². The Balaban J connectivity index is 3.46. The fraction of sp³-hybridized carbons (Fsp3) is 1.00. The monoisotopic (exact) mass is 215 g/mol. The summed E-state index contributed by atoms with van der Waals surface area (Å²) in [5, 5.41) is 3.55. The Kier molecular flexibility index (Phi) is 9.12. The molecule has 92 valence electrons. The van der Waals surface area contributed by atoms with E-state index in [0.29, 0.717) is 0 Å². The molecule has 0 aliphatic heterocycles. The van der Waals surface area contributed by atoms with Gasteiger partial charge in [0.25, 0.3) is 0 Å². The molecule has 0 saturated heterocycles. The highest BCUT2D eigenvalue weighted by atomic mass is 16.5. The van der Waals surface area contributed by atoms with Crippen LogP contribution < -0.4 is 5.32 Å². The molecule has 0 unspecified atom stereocenters. The van der Waals surface area contributed by atoms with Crippen molar-refractivity contribution in [1.29, 1.82) is 0 Å². The van der Waals surface area contributed by atoms with Gasteiger partial charge in [-0.2, -0.15) is 0 Å². The van der Waals surface area contributed by atoms with Crippen LogP contribution >= 0.6 is 0 Å². The molecule has 0 aromatic rings. The van der Waals surface area contributed by atoms with E-state index >= 15 is 0 Å². The van der Waals surface area contributed by atoms with Gasteiger partial charge < -0.3 is 10.1 Å². The Morgan fingerprint density at radius 3 is 2.07 bits per heavy atom. The average Bonchev–Trinajstić information content (AvgIpc) is 2.15. The summed E-state index contributed by atoms with van der Waals surface area (Å²) in [6.45, 7) is 12.4. The summed E-state index contributed by atoms with van der Waals surface area (Å²) in [6, 6.07) is 0. The van der Waals surface area contributed by atoms with E-state index in [1.807, 2.05) is 0 Å². The highest BCUT2D eigenvalue weighted by Crippen LogP contribution is 2.19. The van der Waals surface area contributed by atoms with E-state index in [-0.39, 0.29) is 0 Å². The largest absolute Gasteiger partial charge is 0.385 e. The fourth-order valence-electron chi connectivity index (χ4n) is 2.01. The number of methoxy groups -OCH3 is 1. The van der Waals surface area contributed by atoms with Gasteiger partial charge in [0.2, 0.25) is 0 Å². The lowest BCUT2D eigenvalue weighted by atomic mass is 9.85. The molecule has 0 bridgehead atoms. The second-order valence-corrected chi connectivity index (χ2v) is 5.06. The van der Waals surface area contributed by atoms with Gasteiger partial charge in [0.1, 0.15) is 0 Å². The molecule has 0 fully saturated rings. The smallest absolute Gasteiger partial charge is 0.0462 e. The molecule has 0 heterocycles. The molecule has 0 aromatic carbocycles. The molecule has 0 aliphatic rings. The molecule has 0 aromatic heterocycles. The first-order valence-electron chi connectivity index (χ1n) is 6.29. The molecule has 2 nitrogen and oxygen atoms in total. The molecule has 0 saturated carbocycles. The number of hydrogen-bond donors (Lipinski definition) is 1. The van der Waals surface area contributed by atoms with Crippen molar-refractivity contribution in [3.05, 3.63) is 0 Å². The lowest BCUT2D eigenvalue weighted by Crippen LogP contribution is -2.30. The molecule has 15 heavy (non-hydrogen) atoms. The molecule has 1 N–H and O–H groups in total. The van der Waals surface area contributed by atoms with E-state index in [0.717, 1.165) is 43.9 Å². The summed E-state index contributed by atoms with van der Waals surface area (Å²) in [5.74, 6) is 2.35. The van der Waals surface area contributed by atoms with Crippen LogP contribution in [0.1, 0.15) is 40.5 Å². The van der Waals surface area contributed by atoms with Crippen molar-refractivity contribution in [3.8, 4) is 0 Å². The van der Waals surface area contributed by atoms with Crippen LogP contribution in [0.15, 0.2) is 0 Å². The van der Waals surface area contributed by atoms with E-state index in [2.05, 4.69) is 33.0 Å². The van der Waals surface area contributed by atoms with Gasteiger partial charge in [-0.25, -0.2) is 0 Å². The molecule has 0 rings (SSSR count). The maximum Gasteiger partial charge on any atom is 0.0462 e. The maximum atomic E-state index is 5.02. The molecule has 0 amide bonds. The predicted octanol–water partition coefficient (Wildman–Crippen LogP) is 2.93. The zero-order valence-corrected chi connectivity index (χ0v) is 11.2. The van der Waals surface area contributed by atoms with Gasteiger partial charge in [-0.05, 0) is 43.7 Å². The Morgan fingerprint density at radius 2 is 1.60 bits per heavy atom. The third-order valence-corrected chi connectivity index (χ3v) is 3.04. The SMILES string of the molecule is COCCCCNCC(C(C)C)C(C)C. The summed E-state index contributed by atoms with van der Waals surface area (Å²) in [4.78, 5) is 0. The summed E-state index contributed by atoms with van der Waals surface area (Å²) >= 11 is 0. The molecule has 2 heteroatoms. The first-order valence-corrected chi connectivity index (χ1v) is 6.29. The van der Waals surface area contributed by atoms with Crippen LogP contribution in [-0.2, 0) is 4.74 Å². The second kappa shape index (κ2) is 9.17. The minimum absolute atomic E-state index is 0.775. The van der Waals surface area contributed by atoms with Crippen LogP contribution in [0.5, 0.6) is 0 Å². The van der Waals surface area contributed by atoms with Crippen molar-refractivity contribution in [3.63, 3.8) is 0 Å². The van der Waals surface area contributed by atoms with E-state index in [1.165, 1.54) is 6.42 Å². The quantitative estimate of drug-likeness (QED) is 0.597. The number of nitrogens with one attached hydrogen (secondary N) is 1. The van der Waals surface area contributed by atoms with Crippen LogP contribution in [0.2, 0.25) is 0 Å². The predicted molar refractivity (Wildman–Crippen MR) is 67.1 cm³/mol. The van der Waals surface area contributed by atoms with E-state index < -0.39 is 0 Å². The number of ether oxygens (including phenoxy) is 1. The standard InChI is InChI=1S/C13H29NO/c1-11(2)13(12(3)4)10-14-8-6-7-9-15-5/h11-14H,6-10H2,1-5H3. The van der Waals surface area contributed by atoms with Crippen LogP contribution in [0, 0.1) is 17.8 Å². The fourth-order valence-corrected chi connectivity index (χ4v) is 2.01. The van der Waals surface area contributed by atoms with Gasteiger partial charge >= 0.3 is 0 Å². The topological polar surface area (TPSA) is 21.3 Å². The van der Waals surface area contributed by atoms with Crippen molar-refractivity contribution in [2.45, 2.75) is 40.5 Å². The number of unbranched alkanes of at least 4 members (excludes halogenated alkanes) is 1. The molecular formula is C13H29NO. The maximum absolute atomic E-state index is 5.02. The van der Waals surface area contributed by atoms with E-state index in [9.17, 15) is 0 Å². The first-order chi connectivity index (χ1) is 7.09. The molecule has 0 atom stereocenters. The van der Waals surface area contributed by atoms with Gasteiger partial charge in [0, 0.05) is 13.7 Å². The highest BCUT2D eigenvalue weighted by molar-refractivity contribution is 4.69. The average molecular weight is 215 g/mol. The minimum Gasteiger partial charge on any atom is -0.385 e. The van der Waals surface area contributed by atoms with E-state index in [4.69, 9.17) is 4.74 Å². The van der Waals surface area contributed by atoms with Crippen molar-refractivity contribution in [2.75, 3.05) is 26.8 Å². The Bertz CT molecular complexity index is 126. The number of rotatable bonds is 9. The van der Waals surface area contributed by atoms with E-state index in [1.54, 1.807) is 7.11 Å². The van der Waals surface area contributed by atoms with Crippen molar-refractivity contribution in [1.82, 2.24) is 5.32 Å². The minimum atomic E-state index is 0.775. The van der Waals surface area contributed by atoms with Crippen molar-refractivity contribution >= 4 is 0 Å². The van der Waals surface area contributed by atoms with Gasteiger partial charge in [-0.15, -0.1) is 0 Å². The van der Waals surface area contributed by atoms with Crippen LogP contribution in [0.3, 0.4) is 0 Å².